The van der Waals surface area contributed by atoms with Crippen molar-refractivity contribution in [2.24, 2.45) is 0 Å². The summed E-state index contributed by atoms with van der Waals surface area (Å²) >= 11 is 0. The summed E-state index contributed by atoms with van der Waals surface area (Å²) in [6.45, 7) is 1.87. The molecule has 1 aromatic rings. The second-order valence-electron chi connectivity index (χ2n) is 2.75. The molecule has 0 aromatic heterocycles. The Morgan fingerprint density at radius 3 is 2.64 bits per heavy atom. The lowest BCUT2D eigenvalue weighted by atomic mass is 10.2. The summed E-state index contributed by atoms with van der Waals surface area (Å²) in [5.74, 6) is 0.735. The molecule has 14 heavy (non-hydrogen) atoms. The molecule has 1 rings (SSSR count). The molecule has 0 saturated carbocycles. The number of nitrogens with one attached hydrogen (secondary N) is 1. The van der Waals surface area contributed by atoms with E-state index in [1.807, 2.05) is 13.0 Å². The van der Waals surface area contributed by atoms with Crippen LogP contribution < -0.4 is 10.1 Å². The number of rotatable bonds is 2. The predicted octanol–water partition coefficient (Wildman–Crippen LogP) is 2.18. The van der Waals surface area contributed by atoms with Gasteiger partial charge in [-0.3, -0.25) is 5.32 Å². The molecule has 0 bridgehead atoms. The zero-order valence-corrected chi connectivity index (χ0v) is 8.46. The standard InChI is InChI=1S/C10H13NO3/c1-7-8(11-10(12)14-3)5-4-6-9(7)13-2/h4-6H,1-3H3,(H,11,12). The number of hydrogen-bond donors (Lipinski definition) is 1. The summed E-state index contributed by atoms with van der Waals surface area (Å²) < 4.78 is 9.60. The molecule has 4 heteroatoms. The van der Waals surface area contributed by atoms with Crippen LogP contribution in [0, 0.1) is 6.92 Å². The highest BCUT2D eigenvalue weighted by Crippen LogP contribution is 2.24. The maximum atomic E-state index is 11.0. The fraction of sp³-hybridized carbons (Fsp3) is 0.300. The van der Waals surface area contributed by atoms with E-state index in [9.17, 15) is 4.79 Å². The average molecular weight is 195 g/mol. The van der Waals surface area contributed by atoms with Crippen molar-refractivity contribution in [3.8, 4) is 5.75 Å². The number of methoxy groups -OCH3 is 2. The van der Waals surface area contributed by atoms with E-state index in [4.69, 9.17) is 4.74 Å². The van der Waals surface area contributed by atoms with Gasteiger partial charge in [0.25, 0.3) is 0 Å². The number of carbonyl (C=O) groups excluding carboxylic acids is 1. The Bertz CT molecular complexity index is 336. The molecule has 4 nitrogen and oxygen atoms in total. The van der Waals surface area contributed by atoms with Gasteiger partial charge in [0.05, 0.1) is 19.9 Å². The van der Waals surface area contributed by atoms with Crippen LogP contribution in [0.4, 0.5) is 10.5 Å². The van der Waals surface area contributed by atoms with Gasteiger partial charge in [0, 0.05) is 5.56 Å². The summed E-state index contributed by atoms with van der Waals surface area (Å²) in [5.41, 5.74) is 1.57. The minimum atomic E-state index is -0.485. The van der Waals surface area contributed by atoms with E-state index in [-0.39, 0.29) is 0 Å². The van der Waals surface area contributed by atoms with Gasteiger partial charge in [0.2, 0.25) is 0 Å². The van der Waals surface area contributed by atoms with E-state index < -0.39 is 6.09 Å². The number of hydrogen-bond acceptors (Lipinski definition) is 3. The molecule has 1 amide bonds. The van der Waals surface area contributed by atoms with Gasteiger partial charge in [-0.1, -0.05) is 6.07 Å². The lowest BCUT2D eigenvalue weighted by Gasteiger charge is -2.10. The number of benzene rings is 1. The molecule has 76 valence electrons. The average Bonchev–Trinajstić information content (AvgIpc) is 2.21. The van der Waals surface area contributed by atoms with Crippen LogP contribution in [0.1, 0.15) is 5.56 Å². The van der Waals surface area contributed by atoms with E-state index in [0.717, 1.165) is 11.3 Å². The molecular weight excluding hydrogens is 182 g/mol. The Morgan fingerprint density at radius 2 is 2.07 bits per heavy atom. The van der Waals surface area contributed by atoms with Gasteiger partial charge in [0.15, 0.2) is 0 Å². The molecule has 0 aliphatic heterocycles. The number of anilines is 1. The molecule has 0 fully saturated rings. The Morgan fingerprint density at radius 1 is 1.36 bits per heavy atom. The summed E-state index contributed by atoms with van der Waals surface area (Å²) in [6, 6.07) is 5.42. The van der Waals surface area contributed by atoms with Crippen LogP contribution in [0.25, 0.3) is 0 Å². The first kappa shape index (κ1) is 10.4. The third-order valence-corrected chi connectivity index (χ3v) is 1.93. The highest BCUT2D eigenvalue weighted by molar-refractivity contribution is 5.86. The van der Waals surface area contributed by atoms with Crippen molar-refractivity contribution in [3.05, 3.63) is 23.8 Å². The van der Waals surface area contributed by atoms with E-state index in [1.54, 1.807) is 19.2 Å². The fourth-order valence-corrected chi connectivity index (χ4v) is 1.13. The largest absolute Gasteiger partial charge is 0.496 e. The SMILES string of the molecule is COC(=O)Nc1cccc(OC)c1C. The zero-order valence-electron chi connectivity index (χ0n) is 8.46. The zero-order chi connectivity index (χ0) is 10.6. The number of ether oxygens (including phenoxy) is 2. The summed E-state index contributed by atoms with van der Waals surface area (Å²) in [5, 5.41) is 2.59. The molecular formula is C10H13NO3. The second-order valence-corrected chi connectivity index (χ2v) is 2.75. The first-order chi connectivity index (χ1) is 6.69. The van der Waals surface area contributed by atoms with Gasteiger partial charge in [-0.05, 0) is 19.1 Å². The molecule has 1 aromatic carbocycles. The molecule has 0 unspecified atom stereocenters. The molecule has 0 aliphatic carbocycles. The van der Waals surface area contributed by atoms with Crippen molar-refractivity contribution >= 4 is 11.8 Å². The Labute approximate surface area is 82.8 Å². The Balaban J connectivity index is 2.92. The first-order valence-corrected chi connectivity index (χ1v) is 4.17. The van der Waals surface area contributed by atoms with Gasteiger partial charge < -0.3 is 9.47 Å². The second kappa shape index (κ2) is 4.50. The maximum absolute atomic E-state index is 11.0. The third kappa shape index (κ3) is 2.16. The first-order valence-electron chi connectivity index (χ1n) is 4.17. The highest BCUT2D eigenvalue weighted by Gasteiger charge is 2.06. The molecule has 0 heterocycles. The van der Waals surface area contributed by atoms with Crippen LogP contribution in [-0.4, -0.2) is 20.3 Å². The van der Waals surface area contributed by atoms with Crippen molar-refractivity contribution in [3.63, 3.8) is 0 Å². The van der Waals surface area contributed by atoms with E-state index in [0.29, 0.717) is 5.69 Å². The Kier molecular flexibility index (Phi) is 3.34. The summed E-state index contributed by atoms with van der Waals surface area (Å²) in [6.07, 6.45) is -0.485. The van der Waals surface area contributed by atoms with E-state index >= 15 is 0 Å². The van der Waals surface area contributed by atoms with Crippen molar-refractivity contribution in [2.75, 3.05) is 19.5 Å². The minimum absolute atomic E-state index is 0.485. The topological polar surface area (TPSA) is 47.6 Å². The van der Waals surface area contributed by atoms with Crippen LogP contribution in [0.15, 0.2) is 18.2 Å². The lowest BCUT2D eigenvalue weighted by molar-refractivity contribution is 0.187. The quantitative estimate of drug-likeness (QED) is 0.786. The van der Waals surface area contributed by atoms with E-state index in [2.05, 4.69) is 10.1 Å². The van der Waals surface area contributed by atoms with Crippen LogP contribution in [0.5, 0.6) is 5.75 Å². The number of amides is 1. The number of carbonyl (C=O) groups is 1. The Hall–Kier alpha value is -1.71. The molecule has 0 aliphatic rings. The minimum Gasteiger partial charge on any atom is -0.496 e. The highest BCUT2D eigenvalue weighted by atomic mass is 16.5. The molecule has 0 spiro atoms. The third-order valence-electron chi connectivity index (χ3n) is 1.93. The smallest absolute Gasteiger partial charge is 0.411 e. The van der Waals surface area contributed by atoms with Crippen LogP contribution in [0.2, 0.25) is 0 Å². The normalized spacial score (nSPS) is 9.36. The maximum Gasteiger partial charge on any atom is 0.411 e. The van der Waals surface area contributed by atoms with Crippen molar-refractivity contribution in [1.29, 1.82) is 0 Å². The molecule has 0 saturated heterocycles. The van der Waals surface area contributed by atoms with Gasteiger partial charge in [-0.15, -0.1) is 0 Å². The monoisotopic (exact) mass is 195 g/mol. The van der Waals surface area contributed by atoms with Crippen molar-refractivity contribution < 1.29 is 14.3 Å². The predicted molar refractivity (Wildman–Crippen MR) is 53.8 cm³/mol. The fourth-order valence-electron chi connectivity index (χ4n) is 1.13. The summed E-state index contributed by atoms with van der Waals surface area (Å²) in [4.78, 5) is 11.0. The van der Waals surface area contributed by atoms with Gasteiger partial charge in [-0.25, -0.2) is 4.79 Å². The lowest BCUT2D eigenvalue weighted by Crippen LogP contribution is -2.12. The van der Waals surface area contributed by atoms with Crippen LogP contribution in [0.3, 0.4) is 0 Å². The van der Waals surface area contributed by atoms with Crippen molar-refractivity contribution in [2.45, 2.75) is 6.92 Å². The van der Waals surface area contributed by atoms with Crippen LogP contribution >= 0.6 is 0 Å². The molecule has 0 radical (unpaired) electrons. The summed E-state index contributed by atoms with van der Waals surface area (Å²) in [7, 11) is 2.91. The van der Waals surface area contributed by atoms with E-state index in [1.165, 1.54) is 7.11 Å². The van der Waals surface area contributed by atoms with Crippen LogP contribution in [-0.2, 0) is 4.74 Å². The van der Waals surface area contributed by atoms with Crippen molar-refractivity contribution in [1.82, 2.24) is 0 Å². The van der Waals surface area contributed by atoms with Gasteiger partial charge in [0.1, 0.15) is 5.75 Å². The van der Waals surface area contributed by atoms with Gasteiger partial charge >= 0.3 is 6.09 Å². The molecule has 1 N–H and O–H groups in total. The molecule has 0 atom stereocenters. The van der Waals surface area contributed by atoms with Gasteiger partial charge in [-0.2, -0.15) is 0 Å².